The van der Waals surface area contributed by atoms with Crippen LogP contribution in [0.15, 0.2) is 24.3 Å². The van der Waals surface area contributed by atoms with Gasteiger partial charge < -0.3 is 20.1 Å². The zero-order chi connectivity index (χ0) is 17.7. The number of likely N-dealkylation sites (N-methyl/N-ethyl adjacent to an activating group) is 1. The summed E-state index contributed by atoms with van der Waals surface area (Å²) >= 11 is 0. The Hall–Kier alpha value is -2.21. The molecule has 2 aromatic rings. The van der Waals surface area contributed by atoms with Crippen LogP contribution in [0.2, 0.25) is 0 Å². The molecule has 1 aromatic carbocycles. The largest absolute Gasteiger partial charge is 0.548 e. The van der Waals surface area contributed by atoms with Gasteiger partial charge in [0.15, 0.2) is 0 Å². The molecule has 0 unspecified atom stereocenters. The molecule has 0 fully saturated rings. The van der Waals surface area contributed by atoms with Crippen LogP contribution >= 0.6 is 0 Å². The van der Waals surface area contributed by atoms with Gasteiger partial charge in [0, 0.05) is 5.39 Å². The van der Waals surface area contributed by atoms with Crippen LogP contribution in [-0.2, 0) is 11.2 Å². The highest BCUT2D eigenvalue weighted by Gasteiger charge is 2.16. The second-order valence-electron chi connectivity index (χ2n) is 6.86. The number of carboxylic acid groups (broad SMARTS) is 1. The lowest BCUT2D eigenvalue weighted by atomic mass is 10.0. The number of carboxylic acids is 1. The molecular weight excluding hydrogens is 304 g/mol. The van der Waals surface area contributed by atoms with E-state index in [0.717, 1.165) is 29.7 Å². The first-order valence-electron chi connectivity index (χ1n) is 8.39. The van der Waals surface area contributed by atoms with Crippen LogP contribution in [0.4, 0.5) is 5.82 Å². The van der Waals surface area contributed by atoms with Crippen molar-refractivity contribution in [1.82, 2.24) is 9.97 Å². The summed E-state index contributed by atoms with van der Waals surface area (Å²) in [6.07, 6.45) is 1.22. The molecule has 0 aliphatic heterocycles. The van der Waals surface area contributed by atoms with Crippen molar-refractivity contribution >= 4 is 22.7 Å². The minimum absolute atomic E-state index is 0.241. The van der Waals surface area contributed by atoms with E-state index < -0.39 is 12.0 Å². The molecule has 1 atom stereocenters. The number of hydrogen-bond donors (Lipinski definition) is 2. The number of benzene rings is 1. The number of quaternary nitrogens is 1. The van der Waals surface area contributed by atoms with Gasteiger partial charge in [-0.1, -0.05) is 26.0 Å². The predicted molar refractivity (Wildman–Crippen MR) is 92.8 cm³/mol. The quantitative estimate of drug-likeness (QED) is 0.706. The van der Waals surface area contributed by atoms with Gasteiger partial charge in [0.1, 0.15) is 11.6 Å². The number of para-hydroxylation sites is 1. The van der Waals surface area contributed by atoms with Crippen LogP contribution in [0.25, 0.3) is 10.9 Å². The number of hydrogen-bond acceptors (Lipinski definition) is 5. The van der Waals surface area contributed by atoms with Crippen molar-refractivity contribution in [3.8, 4) is 0 Å². The smallest absolute Gasteiger partial charge is 0.138 e. The number of nitrogens with zero attached hydrogens (tertiary/aromatic N) is 2. The third-order valence-electron chi connectivity index (χ3n) is 3.80. The number of anilines is 1. The van der Waals surface area contributed by atoms with E-state index in [1.54, 1.807) is 0 Å². The molecule has 2 rings (SSSR count). The Balaban J connectivity index is 2.36. The van der Waals surface area contributed by atoms with E-state index in [2.05, 4.69) is 29.4 Å². The van der Waals surface area contributed by atoms with Gasteiger partial charge in [-0.15, -0.1) is 0 Å². The summed E-state index contributed by atoms with van der Waals surface area (Å²) in [5, 5.41) is 15.3. The lowest BCUT2D eigenvalue weighted by Gasteiger charge is -2.23. The third-order valence-corrected chi connectivity index (χ3v) is 3.80. The van der Waals surface area contributed by atoms with Gasteiger partial charge >= 0.3 is 0 Å². The minimum atomic E-state index is -1.11. The van der Waals surface area contributed by atoms with Gasteiger partial charge in [0.25, 0.3) is 0 Å². The number of carbonyl (C=O) groups is 1. The van der Waals surface area contributed by atoms with E-state index in [1.165, 1.54) is 4.90 Å². The van der Waals surface area contributed by atoms with Gasteiger partial charge in [0.05, 0.1) is 44.6 Å². The van der Waals surface area contributed by atoms with Crippen molar-refractivity contribution in [2.75, 3.05) is 26.0 Å². The summed E-state index contributed by atoms with van der Waals surface area (Å²) in [7, 11) is 4.16. The molecule has 0 spiro atoms. The Bertz CT molecular complexity index is 700. The molecule has 0 radical (unpaired) electrons. The van der Waals surface area contributed by atoms with Crippen LogP contribution in [0.5, 0.6) is 0 Å². The third kappa shape index (κ3) is 4.89. The zero-order valence-corrected chi connectivity index (χ0v) is 14.8. The van der Waals surface area contributed by atoms with Gasteiger partial charge in [0.2, 0.25) is 0 Å². The fourth-order valence-electron chi connectivity index (χ4n) is 2.56. The first-order chi connectivity index (χ1) is 11.4. The molecule has 0 saturated heterocycles. The van der Waals surface area contributed by atoms with Crippen LogP contribution < -0.4 is 15.3 Å². The van der Waals surface area contributed by atoms with Crippen molar-refractivity contribution in [3.63, 3.8) is 0 Å². The zero-order valence-electron chi connectivity index (χ0n) is 14.8. The van der Waals surface area contributed by atoms with Crippen LogP contribution in [0, 0.1) is 5.92 Å². The minimum Gasteiger partial charge on any atom is -0.548 e. The lowest BCUT2D eigenvalue weighted by molar-refractivity contribution is -0.858. The first-order valence-corrected chi connectivity index (χ1v) is 8.39. The number of carbonyl (C=O) groups excluding carboxylic acids is 1. The maximum absolute atomic E-state index is 11.5. The van der Waals surface area contributed by atoms with E-state index in [-0.39, 0.29) is 5.92 Å². The van der Waals surface area contributed by atoms with Gasteiger partial charge in [-0.25, -0.2) is 9.97 Å². The fourth-order valence-corrected chi connectivity index (χ4v) is 2.56. The van der Waals surface area contributed by atoms with Crippen molar-refractivity contribution in [1.29, 1.82) is 0 Å². The van der Waals surface area contributed by atoms with E-state index in [9.17, 15) is 9.90 Å². The molecule has 6 heteroatoms. The average Bonchev–Trinajstić information content (AvgIpc) is 2.51. The second kappa shape index (κ2) is 8.06. The highest BCUT2D eigenvalue weighted by molar-refractivity contribution is 5.90. The second-order valence-corrected chi connectivity index (χ2v) is 6.86. The summed E-state index contributed by atoms with van der Waals surface area (Å²) in [4.78, 5) is 21.9. The standard InChI is InChI=1S/C18H26N4O2/c1-12(2)11-15(18(23)24)20-17-13-7-5-6-8-14(13)19-16(21-17)9-10-22(3)4/h5-8,12,15H,9-11H2,1-4H3,(H,23,24)(H,19,20,21)/t15-/m0/s1. The molecule has 1 heterocycles. The van der Waals surface area contributed by atoms with Gasteiger partial charge in [-0.2, -0.15) is 0 Å². The van der Waals surface area contributed by atoms with E-state index >= 15 is 0 Å². The molecular formula is C18H26N4O2. The van der Waals surface area contributed by atoms with Crippen molar-refractivity contribution in [2.45, 2.75) is 32.7 Å². The number of rotatable bonds is 8. The Morgan fingerprint density at radius 1 is 1.25 bits per heavy atom. The van der Waals surface area contributed by atoms with Crippen molar-refractivity contribution < 1.29 is 14.8 Å². The average molecular weight is 330 g/mol. The number of fused-ring (bicyclic) bond motifs is 1. The van der Waals surface area contributed by atoms with Crippen LogP contribution in [-0.4, -0.2) is 42.6 Å². The Morgan fingerprint density at radius 2 is 1.96 bits per heavy atom. The van der Waals surface area contributed by atoms with Crippen molar-refractivity contribution in [2.24, 2.45) is 5.92 Å². The maximum atomic E-state index is 11.5. The van der Waals surface area contributed by atoms with E-state index in [1.807, 2.05) is 38.1 Å². The number of aromatic nitrogens is 2. The van der Waals surface area contributed by atoms with E-state index in [0.29, 0.717) is 12.2 Å². The lowest BCUT2D eigenvalue weighted by Crippen LogP contribution is -3.06. The fraction of sp³-hybridized carbons (Fsp3) is 0.500. The number of aliphatic carboxylic acids is 1. The van der Waals surface area contributed by atoms with E-state index in [4.69, 9.17) is 0 Å². The summed E-state index contributed by atoms with van der Waals surface area (Å²) in [5.74, 6) is 0.425. The molecule has 0 amide bonds. The molecule has 24 heavy (non-hydrogen) atoms. The Morgan fingerprint density at radius 3 is 2.58 bits per heavy atom. The predicted octanol–water partition coefficient (Wildman–Crippen LogP) is -0.107. The first kappa shape index (κ1) is 18.1. The Kier molecular flexibility index (Phi) is 6.09. The molecule has 0 aliphatic rings. The molecule has 130 valence electrons. The van der Waals surface area contributed by atoms with Gasteiger partial charge in [-0.3, -0.25) is 0 Å². The highest BCUT2D eigenvalue weighted by atomic mass is 16.4. The molecule has 2 N–H and O–H groups in total. The van der Waals surface area contributed by atoms with Crippen molar-refractivity contribution in [3.05, 3.63) is 30.1 Å². The van der Waals surface area contributed by atoms with Crippen LogP contribution in [0.3, 0.4) is 0 Å². The summed E-state index contributed by atoms with van der Waals surface area (Å²) in [6, 6.07) is 6.88. The summed E-state index contributed by atoms with van der Waals surface area (Å²) in [5.41, 5.74) is 0.820. The summed E-state index contributed by atoms with van der Waals surface area (Å²) < 4.78 is 0. The molecule has 0 aliphatic carbocycles. The SMILES string of the molecule is CC(C)C[C@H](Nc1nc(CC[NH+](C)C)nc2ccccc12)C(=O)[O-]. The molecule has 6 nitrogen and oxygen atoms in total. The van der Waals surface area contributed by atoms with Crippen LogP contribution in [0.1, 0.15) is 26.1 Å². The topological polar surface area (TPSA) is 82.4 Å². The number of nitrogens with one attached hydrogen (secondary N) is 2. The van der Waals surface area contributed by atoms with Gasteiger partial charge in [-0.05, 0) is 24.5 Å². The normalized spacial score (nSPS) is 12.8. The molecule has 0 bridgehead atoms. The maximum Gasteiger partial charge on any atom is 0.138 e. The Labute approximate surface area is 142 Å². The molecule has 0 saturated carbocycles. The highest BCUT2D eigenvalue weighted by Crippen LogP contribution is 2.22. The summed E-state index contributed by atoms with van der Waals surface area (Å²) in [6.45, 7) is 4.88. The monoisotopic (exact) mass is 330 g/mol. The molecule has 1 aromatic heterocycles.